The molecule has 2 amide bonds. The number of carbonyl (C=O) groups is 2. The lowest BCUT2D eigenvalue weighted by atomic mass is 10.2. The van der Waals surface area contributed by atoms with E-state index in [4.69, 9.17) is 27.9 Å². The van der Waals surface area contributed by atoms with Crippen molar-refractivity contribution >= 4 is 40.7 Å². The number of methoxy groups -OCH3 is 1. The van der Waals surface area contributed by atoms with Crippen LogP contribution in [-0.2, 0) is 16.1 Å². The zero-order valence-electron chi connectivity index (χ0n) is 12.9. The first kappa shape index (κ1) is 18.1. The van der Waals surface area contributed by atoms with Gasteiger partial charge < -0.3 is 15.4 Å². The first-order chi connectivity index (χ1) is 11.5. The van der Waals surface area contributed by atoms with Crippen LogP contribution in [0.4, 0.5) is 5.69 Å². The summed E-state index contributed by atoms with van der Waals surface area (Å²) < 4.78 is 5.06. The molecule has 2 aromatic carbocycles. The van der Waals surface area contributed by atoms with Crippen molar-refractivity contribution in [2.45, 2.75) is 13.0 Å². The van der Waals surface area contributed by atoms with Crippen LogP contribution in [0.15, 0.2) is 42.5 Å². The molecule has 0 heterocycles. The van der Waals surface area contributed by atoms with Gasteiger partial charge in [-0.05, 0) is 35.9 Å². The number of carbonyl (C=O) groups excluding carboxylic acids is 2. The third-order valence-electron chi connectivity index (χ3n) is 3.17. The predicted octanol–water partition coefficient (Wildman–Crippen LogP) is 3.65. The van der Waals surface area contributed by atoms with Crippen molar-refractivity contribution in [1.29, 1.82) is 0 Å². The summed E-state index contributed by atoms with van der Waals surface area (Å²) in [5.41, 5.74) is 1.39. The Bertz CT molecular complexity index is 733. The molecule has 5 nitrogen and oxygen atoms in total. The zero-order valence-corrected chi connectivity index (χ0v) is 14.4. The highest BCUT2D eigenvalue weighted by molar-refractivity contribution is 6.42. The summed E-state index contributed by atoms with van der Waals surface area (Å²) in [6, 6.07) is 12.0. The van der Waals surface area contributed by atoms with Gasteiger partial charge in [-0.3, -0.25) is 9.59 Å². The van der Waals surface area contributed by atoms with Crippen LogP contribution in [0.1, 0.15) is 12.0 Å². The summed E-state index contributed by atoms with van der Waals surface area (Å²) in [7, 11) is 1.59. The summed E-state index contributed by atoms with van der Waals surface area (Å²) in [6.45, 7) is 0.336. The molecule has 0 aliphatic carbocycles. The van der Waals surface area contributed by atoms with Crippen LogP contribution in [0.5, 0.6) is 5.75 Å². The summed E-state index contributed by atoms with van der Waals surface area (Å²) in [6.07, 6.45) is -0.281. The van der Waals surface area contributed by atoms with Crippen molar-refractivity contribution in [1.82, 2.24) is 5.32 Å². The monoisotopic (exact) mass is 366 g/mol. The van der Waals surface area contributed by atoms with Gasteiger partial charge in [-0.1, -0.05) is 35.3 Å². The van der Waals surface area contributed by atoms with Crippen LogP contribution in [0, 0.1) is 0 Å². The van der Waals surface area contributed by atoms with Crippen LogP contribution in [0.25, 0.3) is 0 Å². The molecule has 126 valence electrons. The summed E-state index contributed by atoms with van der Waals surface area (Å²) in [4.78, 5) is 23.7. The van der Waals surface area contributed by atoms with Crippen LogP contribution < -0.4 is 15.4 Å². The quantitative estimate of drug-likeness (QED) is 0.766. The Kier molecular flexibility index (Phi) is 6.46. The maximum Gasteiger partial charge on any atom is 0.233 e. The average Bonchev–Trinajstić information content (AvgIpc) is 2.56. The lowest BCUT2D eigenvalue weighted by Gasteiger charge is -2.08. The molecule has 0 spiro atoms. The van der Waals surface area contributed by atoms with Crippen LogP contribution in [-0.4, -0.2) is 18.9 Å². The molecule has 0 aromatic heterocycles. The van der Waals surface area contributed by atoms with E-state index < -0.39 is 5.91 Å². The summed E-state index contributed by atoms with van der Waals surface area (Å²) in [5, 5.41) is 6.01. The van der Waals surface area contributed by atoms with E-state index in [0.29, 0.717) is 22.3 Å². The van der Waals surface area contributed by atoms with E-state index in [1.54, 1.807) is 31.4 Å². The molecule has 0 bridgehead atoms. The first-order valence-corrected chi connectivity index (χ1v) is 7.88. The van der Waals surface area contributed by atoms with Crippen molar-refractivity contribution in [2.75, 3.05) is 12.4 Å². The van der Waals surface area contributed by atoms with Gasteiger partial charge in [-0.15, -0.1) is 0 Å². The number of rotatable bonds is 6. The number of hydrogen-bond donors (Lipinski definition) is 2. The van der Waals surface area contributed by atoms with Gasteiger partial charge >= 0.3 is 0 Å². The number of amides is 2. The number of hydrogen-bond acceptors (Lipinski definition) is 3. The molecule has 0 atom stereocenters. The molecular formula is C17H16Cl2N2O3. The molecule has 0 saturated carbocycles. The number of ether oxygens (including phenoxy) is 1. The summed E-state index contributed by atoms with van der Waals surface area (Å²) >= 11 is 11.7. The highest BCUT2D eigenvalue weighted by Crippen LogP contribution is 2.25. The minimum Gasteiger partial charge on any atom is -0.497 e. The molecule has 2 rings (SSSR count). The molecule has 0 saturated heterocycles. The molecule has 0 aliphatic rings. The van der Waals surface area contributed by atoms with Crippen LogP contribution in [0.3, 0.4) is 0 Å². The first-order valence-electron chi connectivity index (χ1n) is 7.12. The molecular weight excluding hydrogens is 351 g/mol. The molecule has 24 heavy (non-hydrogen) atoms. The Morgan fingerprint density at radius 1 is 1.00 bits per heavy atom. The molecule has 0 aliphatic heterocycles. The normalized spacial score (nSPS) is 10.1. The van der Waals surface area contributed by atoms with E-state index >= 15 is 0 Å². The van der Waals surface area contributed by atoms with Gasteiger partial charge in [0, 0.05) is 12.2 Å². The minimum atomic E-state index is -0.430. The standard InChI is InChI=1S/C17H16Cl2N2O3/c1-24-13-5-2-11(3-6-13)10-20-16(22)9-17(23)21-12-4-7-14(18)15(19)8-12/h2-8H,9-10H2,1H3,(H,20,22)(H,21,23). The van der Waals surface area contributed by atoms with Crippen LogP contribution >= 0.6 is 23.2 Å². The predicted molar refractivity (Wildman–Crippen MR) is 94.5 cm³/mol. The van der Waals surface area contributed by atoms with Gasteiger partial charge in [0.25, 0.3) is 0 Å². The molecule has 2 N–H and O–H groups in total. The fraction of sp³-hybridized carbons (Fsp3) is 0.176. The van der Waals surface area contributed by atoms with E-state index in [1.165, 1.54) is 6.07 Å². The number of halogens is 2. The lowest BCUT2D eigenvalue weighted by molar-refractivity contribution is -0.126. The zero-order chi connectivity index (χ0) is 17.5. The van der Waals surface area contributed by atoms with Crippen LogP contribution in [0.2, 0.25) is 10.0 Å². The van der Waals surface area contributed by atoms with Gasteiger partial charge in [0.1, 0.15) is 12.2 Å². The van der Waals surface area contributed by atoms with E-state index in [9.17, 15) is 9.59 Å². The van der Waals surface area contributed by atoms with Crippen molar-refractivity contribution < 1.29 is 14.3 Å². The Morgan fingerprint density at radius 2 is 1.71 bits per heavy atom. The Hall–Kier alpha value is -2.24. The van der Waals surface area contributed by atoms with Gasteiger partial charge in [0.2, 0.25) is 11.8 Å². The van der Waals surface area contributed by atoms with Gasteiger partial charge in [0.15, 0.2) is 0 Å². The smallest absolute Gasteiger partial charge is 0.233 e. The maximum atomic E-state index is 11.8. The number of anilines is 1. The van der Waals surface area contributed by atoms with Crippen molar-refractivity contribution in [3.63, 3.8) is 0 Å². The topological polar surface area (TPSA) is 67.4 Å². The van der Waals surface area contributed by atoms with E-state index in [2.05, 4.69) is 10.6 Å². The molecule has 0 fully saturated rings. The fourth-order valence-corrected chi connectivity index (χ4v) is 2.23. The second kappa shape index (κ2) is 8.57. The molecule has 0 unspecified atom stereocenters. The third kappa shape index (κ3) is 5.44. The lowest BCUT2D eigenvalue weighted by Crippen LogP contribution is -2.27. The molecule has 7 heteroatoms. The maximum absolute atomic E-state index is 11.8. The largest absolute Gasteiger partial charge is 0.497 e. The second-order valence-corrected chi connectivity index (χ2v) is 5.79. The van der Waals surface area contributed by atoms with Crippen molar-refractivity contribution in [3.05, 3.63) is 58.1 Å². The highest BCUT2D eigenvalue weighted by Gasteiger charge is 2.10. The Labute approximate surface area is 149 Å². The fourth-order valence-electron chi connectivity index (χ4n) is 1.93. The van der Waals surface area contributed by atoms with Crippen molar-refractivity contribution in [2.24, 2.45) is 0 Å². The van der Waals surface area contributed by atoms with Gasteiger partial charge in [-0.25, -0.2) is 0 Å². The van der Waals surface area contributed by atoms with Crippen molar-refractivity contribution in [3.8, 4) is 5.75 Å². The average molecular weight is 367 g/mol. The minimum absolute atomic E-state index is 0.281. The highest BCUT2D eigenvalue weighted by atomic mass is 35.5. The molecule has 2 aromatic rings. The third-order valence-corrected chi connectivity index (χ3v) is 3.91. The van der Waals surface area contributed by atoms with Gasteiger partial charge in [0.05, 0.1) is 17.2 Å². The summed E-state index contributed by atoms with van der Waals surface area (Å²) in [5.74, 6) is -0.0601. The van der Waals surface area contributed by atoms with E-state index in [-0.39, 0.29) is 12.3 Å². The van der Waals surface area contributed by atoms with E-state index in [1.807, 2.05) is 12.1 Å². The second-order valence-electron chi connectivity index (χ2n) is 4.98. The van der Waals surface area contributed by atoms with E-state index in [0.717, 1.165) is 11.3 Å². The number of benzene rings is 2. The number of nitrogens with one attached hydrogen (secondary N) is 2. The Balaban J connectivity index is 1.80. The van der Waals surface area contributed by atoms with Gasteiger partial charge in [-0.2, -0.15) is 0 Å². The molecule has 0 radical (unpaired) electrons. The Morgan fingerprint density at radius 3 is 2.33 bits per heavy atom. The SMILES string of the molecule is COc1ccc(CNC(=O)CC(=O)Nc2ccc(Cl)c(Cl)c2)cc1.